The summed E-state index contributed by atoms with van der Waals surface area (Å²) in [4.78, 5) is 13.8. The maximum Gasteiger partial charge on any atom is 0.331 e. The van der Waals surface area contributed by atoms with Gasteiger partial charge in [-0.05, 0) is 25.9 Å². The molecule has 0 amide bonds. The van der Waals surface area contributed by atoms with Crippen molar-refractivity contribution in [2.45, 2.75) is 19.4 Å². The van der Waals surface area contributed by atoms with Gasteiger partial charge < -0.3 is 5.11 Å². The summed E-state index contributed by atoms with van der Waals surface area (Å²) in [5.41, 5.74) is -0.238. The summed E-state index contributed by atoms with van der Waals surface area (Å²) in [7, 11) is 1.53. The molecule has 0 saturated carbocycles. The van der Waals surface area contributed by atoms with E-state index in [1.165, 1.54) is 35.2 Å². The molecule has 1 N–H and O–H groups in total. The second-order valence-electron chi connectivity index (χ2n) is 4.29. The van der Waals surface area contributed by atoms with Crippen LogP contribution in [0.3, 0.4) is 0 Å². The quantitative estimate of drug-likeness (QED) is 0.734. The first kappa shape index (κ1) is 11.8. The van der Waals surface area contributed by atoms with E-state index in [0.29, 0.717) is 6.54 Å². The standard InChI is InChI=1S/C12H17N3O2/c1-13-11(16)10-15(12(13)17)9-5-4-8-14-6-2-3-7-14/h10,16H,2-3,6-9H2,1H3. The minimum Gasteiger partial charge on any atom is -0.493 e. The van der Waals surface area contributed by atoms with Crippen molar-refractivity contribution in [3.8, 4) is 17.7 Å². The summed E-state index contributed by atoms with van der Waals surface area (Å²) in [6.07, 6.45) is 3.92. The van der Waals surface area contributed by atoms with E-state index in [-0.39, 0.29) is 11.6 Å². The van der Waals surface area contributed by atoms with Gasteiger partial charge in [0.25, 0.3) is 0 Å². The van der Waals surface area contributed by atoms with Gasteiger partial charge in [-0.2, -0.15) is 0 Å². The van der Waals surface area contributed by atoms with Crippen LogP contribution in [0, 0.1) is 11.8 Å². The molecular weight excluding hydrogens is 218 g/mol. The lowest BCUT2D eigenvalue weighted by atomic mass is 10.4. The molecule has 0 spiro atoms. The molecule has 1 aliphatic heterocycles. The first-order chi connectivity index (χ1) is 8.18. The molecule has 5 heteroatoms. The lowest BCUT2D eigenvalue weighted by Gasteiger charge is -2.08. The fourth-order valence-electron chi connectivity index (χ4n) is 1.93. The van der Waals surface area contributed by atoms with Gasteiger partial charge in [0.2, 0.25) is 5.88 Å². The molecule has 1 fully saturated rings. The number of hydrogen-bond acceptors (Lipinski definition) is 3. The molecule has 0 unspecified atom stereocenters. The van der Waals surface area contributed by atoms with Gasteiger partial charge in [-0.25, -0.2) is 4.79 Å². The SMILES string of the molecule is Cn1c(O)cn(CC#CCN2CCCC2)c1=O. The van der Waals surface area contributed by atoms with E-state index in [4.69, 9.17) is 0 Å². The van der Waals surface area contributed by atoms with Crippen LogP contribution in [-0.2, 0) is 13.6 Å². The van der Waals surface area contributed by atoms with Crippen molar-refractivity contribution in [1.29, 1.82) is 0 Å². The normalized spacial score (nSPS) is 15.8. The van der Waals surface area contributed by atoms with Gasteiger partial charge in [-0.15, -0.1) is 0 Å². The van der Waals surface area contributed by atoms with E-state index in [1.807, 2.05) is 0 Å². The minimum absolute atomic E-state index is 0.0312. The molecule has 0 atom stereocenters. The second kappa shape index (κ2) is 5.11. The Balaban J connectivity index is 1.91. The fourth-order valence-corrected chi connectivity index (χ4v) is 1.93. The van der Waals surface area contributed by atoms with Crippen molar-refractivity contribution in [2.75, 3.05) is 19.6 Å². The lowest BCUT2D eigenvalue weighted by Crippen LogP contribution is -2.22. The third kappa shape index (κ3) is 2.71. The zero-order valence-electron chi connectivity index (χ0n) is 10.0. The lowest BCUT2D eigenvalue weighted by molar-refractivity contribution is 0.383. The summed E-state index contributed by atoms with van der Waals surface area (Å²) >= 11 is 0. The van der Waals surface area contributed by atoms with Crippen LogP contribution in [0.4, 0.5) is 0 Å². The van der Waals surface area contributed by atoms with Crippen LogP contribution >= 0.6 is 0 Å². The van der Waals surface area contributed by atoms with Crippen molar-refractivity contribution in [3.05, 3.63) is 16.7 Å². The number of imidazole rings is 1. The van der Waals surface area contributed by atoms with Crippen molar-refractivity contribution in [3.63, 3.8) is 0 Å². The van der Waals surface area contributed by atoms with Crippen LogP contribution in [0.25, 0.3) is 0 Å². The van der Waals surface area contributed by atoms with Crippen LogP contribution < -0.4 is 5.69 Å². The van der Waals surface area contributed by atoms with E-state index in [0.717, 1.165) is 19.6 Å². The molecule has 0 aromatic carbocycles. The van der Waals surface area contributed by atoms with Gasteiger partial charge in [-0.3, -0.25) is 14.0 Å². The molecule has 0 aliphatic carbocycles. The molecule has 1 aromatic heterocycles. The highest BCUT2D eigenvalue weighted by molar-refractivity contribution is 5.08. The molecule has 0 bridgehead atoms. The maximum atomic E-state index is 11.5. The van der Waals surface area contributed by atoms with Crippen LogP contribution in [0.2, 0.25) is 0 Å². The van der Waals surface area contributed by atoms with E-state index in [1.54, 1.807) is 0 Å². The summed E-state index contributed by atoms with van der Waals surface area (Å²) in [5.74, 6) is 5.98. The van der Waals surface area contributed by atoms with Gasteiger partial charge in [0, 0.05) is 7.05 Å². The Labute approximate surface area is 100 Å². The Hall–Kier alpha value is -1.67. The third-order valence-electron chi connectivity index (χ3n) is 3.02. The third-order valence-corrected chi connectivity index (χ3v) is 3.02. The Morgan fingerprint density at radius 2 is 1.94 bits per heavy atom. The molecule has 2 rings (SSSR count). The largest absolute Gasteiger partial charge is 0.493 e. The number of likely N-dealkylation sites (tertiary alicyclic amines) is 1. The molecule has 0 radical (unpaired) electrons. The highest BCUT2D eigenvalue weighted by Crippen LogP contribution is 2.05. The van der Waals surface area contributed by atoms with Gasteiger partial charge in [-0.1, -0.05) is 11.8 Å². The van der Waals surface area contributed by atoms with Gasteiger partial charge >= 0.3 is 5.69 Å². The summed E-state index contributed by atoms with van der Waals surface area (Å²) in [6, 6.07) is 0. The van der Waals surface area contributed by atoms with Crippen molar-refractivity contribution in [1.82, 2.24) is 14.0 Å². The first-order valence-electron chi connectivity index (χ1n) is 5.81. The van der Waals surface area contributed by atoms with Crippen LogP contribution in [0.1, 0.15) is 12.8 Å². The second-order valence-corrected chi connectivity index (χ2v) is 4.29. The number of rotatable bonds is 2. The minimum atomic E-state index is -0.238. The number of hydrogen-bond donors (Lipinski definition) is 1. The van der Waals surface area contributed by atoms with Crippen LogP contribution in [0.15, 0.2) is 11.0 Å². The molecule has 2 heterocycles. The number of aromatic hydroxyl groups is 1. The van der Waals surface area contributed by atoms with Crippen LogP contribution in [-0.4, -0.2) is 38.8 Å². The van der Waals surface area contributed by atoms with Crippen LogP contribution in [0.5, 0.6) is 5.88 Å². The van der Waals surface area contributed by atoms with Crippen molar-refractivity contribution >= 4 is 0 Å². The van der Waals surface area contributed by atoms with Crippen molar-refractivity contribution < 1.29 is 5.11 Å². The Bertz CT molecular complexity index is 498. The smallest absolute Gasteiger partial charge is 0.331 e. The average molecular weight is 235 g/mol. The molecule has 1 saturated heterocycles. The monoisotopic (exact) mass is 235 g/mol. The van der Waals surface area contributed by atoms with E-state index < -0.39 is 0 Å². The summed E-state index contributed by atoms with van der Waals surface area (Å²) < 4.78 is 2.61. The highest BCUT2D eigenvalue weighted by atomic mass is 16.3. The van der Waals surface area contributed by atoms with Gasteiger partial charge in [0.15, 0.2) is 0 Å². The summed E-state index contributed by atoms with van der Waals surface area (Å²) in [5, 5.41) is 9.34. The molecule has 17 heavy (non-hydrogen) atoms. The first-order valence-corrected chi connectivity index (χ1v) is 5.81. The highest BCUT2D eigenvalue weighted by Gasteiger charge is 2.08. The maximum absolute atomic E-state index is 11.5. The number of aromatic nitrogens is 2. The molecular formula is C12H17N3O2. The topological polar surface area (TPSA) is 50.4 Å². The zero-order valence-corrected chi connectivity index (χ0v) is 10.0. The molecule has 5 nitrogen and oxygen atoms in total. The molecule has 1 aromatic rings. The van der Waals surface area contributed by atoms with E-state index in [9.17, 15) is 9.90 Å². The number of nitrogens with zero attached hydrogens (tertiary/aromatic N) is 3. The zero-order chi connectivity index (χ0) is 12.3. The Kier molecular flexibility index (Phi) is 3.55. The van der Waals surface area contributed by atoms with Crippen molar-refractivity contribution in [2.24, 2.45) is 7.05 Å². The Morgan fingerprint density at radius 1 is 1.29 bits per heavy atom. The van der Waals surface area contributed by atoms with E-state index in [2.05, 4.69) is 16.7 Å². The van der Waals surface area contributed by atoms with E-state index >= 15 is 0 Å². The van der Waals surface area contributed by atoms with Gasteiger partial charge in [0.05, 0.1) is 19.3 Å². The molecule has 1 aliphatic rings. The predicted octanol–water partition coefficient (Wildman–Crippen LogP) is -0.00840. The van der Waals surface area contributed by atoms with Gasteiger partial charge in [0.1, 0.15) is 0 Å². The predicted molar refractivity (Wildman–Crippen MR) is 64.8 cm³/mol. The Morgan fingerprint density at radius 3 is 2.53 bits per heavy atom. The summed E-state index contributed by atoms with van der Waals surface area (Å²) in [6.45, 7) is 3.36. The fraction of sp³-hybridized carbons (Fsp3) is 0.583. The average Bonchev–Trinajstić information content (AvgIpc) is 2.90. The molecule has 92 valence electrons.